The topological polar surface area (TPSA) is 143 Å². The Bertz CT molecular complexity index is 1680. The van der Waals surface area contributed by atoms with Crippen molar-refractivity contribution in [1.29, 1.82) is 0 Å². The lowest BCUT2D eigenvalue weighted by Crippen LogP contribution is -2.49. The molecule has 3 aromatic heterocycles. The fourth-order valence-corrected chi connectivity index (χ4v) is 5.18. The van der Waals surface area contributed by atoms with Crippen molar-refractivity contribution >= 4 is 34.3 Å². The second-order valence-corrected chi connectivity index (χ2v) is 11.4. The summed E-state index contributed by atoms with van der Waals surface area (Å²) in [4.78, 5) is 43.7. The van der Waals surface area contributed by atoms with Gasteiger partial charge in [-0.05, 0) is 57.3 Å². The number of piperazine rings is 1. The van der Waals surface area contributed by atoms with Gasteiger partial charge in [-0.1, -0.05) is 12.1 Å². The number of anilines is 3. The number of benzene rings is 1. The number of nitrogens with one attached hydrogen (secondary N) is 2. The second-order valence-electron chi connectivity index (χ2n) is 11.4. The van der Waals surface area contributed by atoms with E-state index in [2.05, 4.69) is 32.1 Å². The van der Waals surface area contributed by atoms with Crippen molar-refractivity contribution in [3.8, 4) is 5.82 Å². The van der Waals surface area contributed by atoms with Gasteiger partial charge >= 0.3 is 0 Å². The lowest BCUT2D eigenvalue weighted by Gasteiger charge is -2.36. The van der Waals surface area contributed by atoms with Gasteiger partial charge in [-0.25, -0.2) is 19.3 Å². The van der Waals surface area contributed by atoms with Gasteiger partial charge in [0, 0.05) is 50.3 Å². The SMILES string of the molecule is C=CCn1c(=O)c2cnc(Nc3ccc(N4CCN(C(=O)CCOCCNC)CC4)cc3)nc2n1-c1cccc(C(C)(C)O)n1. The molecule has 1 saturated heterocycles. The molecule has 0 radical (unpaired) electrons. The minimum absolute atomic E-state index is 0.126. The molecule has 13 nitrogen and oxygen atoms in total. The number of carbonyl (C=O) groups is 1. The molecule has 45 heavy (non-hydrogen) atoms. The summed E-state index contributed by atoms with van der Waals surface area (Å²) in [5.41, 5.74) is 1.26. The number of aliphatic hydroxyl groups is 1. The van der Waals surface area contributed by atoms with E-state index >= 15 is 0 Å². The van der Waals surface area contributed by atoms with E-state index in [0.29, 0.717) is 61.2 Å². The van der Waals surface area contributed by atoms with Crippen molar-refractivity contribution in [2.45, 2.75) is 32.4 Å². The Balaban J connectivity index is 1.28. The summed E-state index contributed by atoms with van der Waals surface area (Å²) in [5, 5.41) is 17.1. The summed E-state index contributed by atoms with van der Waals surface area (Å²) < 4.78 is 8.62. The smallest absolute Gasteiger partial charge is 0.278 e. The number of carbonyl (C=O) groups excluding carboxylic acids is 1. The molecule has 0 saturated carbocycles. The van der Waals surface area contributed by atoms with E-state index < -0.39 is 5.60 Å². The Kier molecular flexibility index (Phi) is 9.91. The maximum atomic E-state index is 13.3. The van der Waals surface area contributed by atoms with Gasteiger partial charge in [0.05, 0.1) is 31.9 Å². The highest BCUT2D eigenvalue weighted by Gasteiger charge is 2.23. The first kappa shape index (κ1) is 31.8. The zero-order chi connectivity index (χ0) is 32.0. The van der Waals surface area contributed by atoms with Gasteiger partial charge in [-0.3, -0.25) is 9.59 Å². The molecule has 4 aromatic rings. The van der Waals surface area contributed by atoms with Crippen LogP contribution in [0.25, 0.3) is 16.9 Å². The van der Waals surface area contributed by atoms with Crippen LogP contribution in [-0.4, -0.2) is 93.2 Å². The molecule has 0 unspecified atom stereocenters. The Hall–Kier alpha value is -4.59. The first-order valence-corrected chi connectivity index (χ1v) is 15.1. The van der Waals surface area contributed by atoms with Gasteiger partial charge in [0.1, 0.15) is 11.0 Å². The number of amides is 1. The fraction of sp³-hybridized carbons (Fsp3) is 0.406. The van der Waals surface area contributed by atoms with Gasteiger partial charge in [-0.15, -0.1) is 6.58 Å². The van der Waals surface area contributed by atoms with E-state index in [1.165, 1.54) is 10.9 Å². The van der Waals surface area contributed by atoms with Crippen molar-refractivity contribution < 1.29 is 14.6 Å². The van der Waals surface area contributed by atoms with E-state index in [1.807, 2.05) is 36.2 Å². The number of rotatable bonds is 13. The molecule has 0 aliphatic carbocycles. The number of hydrogen-bond acceptors (Lipinski definition) is 10. The van der Waals surface area contributed by atoms with Crippen LogP contribution in [-0.2, 0) is 21.7 Å². The maximum Gasteiger partial charge on any atom is 0.278 e. The third-order valence-electron chi connectivity index (χ3n) is 7.63. The number of ether oxygens (including phenoxy) is 1. The number of hydrogen-bond donors (Lipinski definition) is 3. The van der Waals surface area contributed by atoms with Crippen molar-refractivity contribution in [2.75, 3.05) is 63.2 Å². The predicted octanol–water partition coefficient (Wildman–Crippen LogP) is 2.41. The number of nitrogens with zero attached hydrogens (tertiary/aromatic N) is 7. The normalized spacial score (nSPS) is 13.8. The zero-order valence-corrected chi connectivity index (χ0v) is 26.1. The monoisotopic (exact) mass is 615 g/mol. The molecule has 5 rings (SSSR count). The van der Waals surface area contributed by atoms with Crippen LogP contribution in [0.15, 0.2) is 66.1 Å². The number of allylic oxidation sites excluding steroid dienone is 1. The van der Waals surface area contributed by atoms with Crippen LogP contribution in [0.3, 0.4) is 0 Å². The minimum Gasteiger partial charge on any atom is -0.384 e. The average Bonchev–Trinajstić information content (AvgIpc) is 3.31. The Morgan fingerprint density at radius 1 is 1.09 bits per heavy atom. The molecule has 238 valence electrons. The van der Waals surface area contributed by atoms with Crippen molar-refractivity contribution in [3.63, 3.8) is 0 Å². The molecule has 0 atom stereocenters. The Morgan fingerprint density at radius 2 is 1.84 bits per heavy atom. The molecule has 0 spiro atoms. The first-order chi connectivity index (χ1) is 21.7. The Morgan fingerprint density at radius 3 is 2.53 bits per heavy atom. The van der Waals surface area contributed by atoms with Crippen LogP contribution in [0.2, 0.25) is 0 Å². The number of fused-ring (bicyclic) bond motifs is 1. The zero-order valence-electron chi connectivity index (χ0n) is 26.1. The molecule has 1 amide bonds. The molecule has 0 bridgehead atoms. The van der Waals surface area contributed by atoms with E-state index in [-0.39, 0.29) is 18.0 Å². The summed E-state index contributed by atoms with van der Waals surface area (Å²) in [6, 6.07) is 13.2. The van der Waals surface area contributed by atoms with Crippen LogP contribution in [0, 0.1) is 0 Å². The highest BCUT2D eigenvalue weighted by atomic mass is 16.5. The summed E-state index contributed by atoms with van der Waals surface area (Å²) in [6.07, 6.45) is 3.54. The van der Waals surface area contributed by atoms with Crippen LogP contribution in [0.4, 0.5) is 17.3 Å². The molecular formula is C32H41N9O4. The molecule has 1 aromatic carbocycles. The standard InChI is InChI=1S/C32H41N9O4/c1-5-15-40-30(43)25-22-34-31(37-29(25)41(40)27-8-6-7-26(36-27)32(2,3)44)35-23-9-11-24(12-10-23)38-16-18-39(19-17-38)28(42)13-20-45-21-14-33-4/h5-12,22,33,44H,1,13-21H2,2-4H3,(H,34,35,37). The molecule has 4 heterocycles. The lowest BCUT2D eigenvalue weighted by molar-refractivity contribution is -0.132. The highest BCUT2D eigenvalue weighted by Crippen LogP contribution is 2.24. The van der Waals surface area contributed by atoms with Crippen LogP contribution >= 0.6 is 0 Å². The van der Waals surface area contributed by atoms with E-state index in [0.717, 1.165) is 31.0 Å². The largest absolute Gasteiger partial charge is 0.384 e. The number of likely N-dealkylation sites (N-methyl/N-ethyl adjacent to an activating group) is 1. The summed E-state index contributed by atoms with van der Waals surface area (Å²) in [5.74, 6) is 0.888. The predicted molar refractivity (Wildman–Crippen MR) is 174 cm³/mol. The van der Waals surface area contributed by atoms with Crippen molar-refractivity contribution in [2.24, 2.45) is 0 Å². The molecular weight excluding hydrogens is 574 g/mol. The van der Waals surface area contributed by atoms with Crippen molar-refractivity contribution in [1.82, 2.24) is 34.5 Å². The number of pyridine rings is 1. The van der Waals surface area contributed by atoms with Crippen LogP contribution in [0.5, 0.6) is 0 Å². The van der Waals surface area contributed by atoms with Gasteiger partial charge in [0.2, 0.25) is 11.9 Å². The molecule has 1 fully saturated rings. The van der Waals surface area contributed by atoms with Gasteiger partial charge in [-0.2, -0.15) is 4.98 Å². The third-order valence-corrected chi connectivity index (χ3v) is 7.63. The van der Waals surface area contributed by atoms with Gasteiger partial charge < -0.3 is 30.3 Å². The van der Waals surface area contributed by atoms with E-state index in [9.17, 15) is 14.7 Å². The Labute approximate surface area is 262 Å². The highest BCUT2D eigenvalue weighted by molar-refractivity contribution is 5.77. The van der Waals surface area contributed by atoms with Crippen molar-refractivity contribution in [3.05, 3.63) is 77.4 Å². The number of aromatic nitrogens is 5. The third kappa shape index (κ3) is 7.39. The van der Waals surface area contributed by atoms with Gasteiger partial charge in [0.25, 0.3) is 5.56 Å². The van der Waals surface area contributed by atoms with Crippen LogP contribution < -0.4 is 21.1 Å². The maximum absolute atomic E-state index is 13.3. The fourth-order valence-electron chi connectivity index (χ4n) is 5.18. The molecule has 13 heteroatoms. The average molecular weight is 616 g/mol. The molecule has 1 aliphatic heterocycles. The molecule has 1 aliphatic rings. The van der Waals surface area contributed by atoms with Crippen LogP contribution in [0.1, 0.15) is 26.0 Å². The minimum atomic E-state index is -1.16. The summed E-state index contributed by atoms with van der Waals surface area (Å²) >= 11 is 0. The summed E-state index contributed by atoms with van der Waals surface area (Å²) in [6.45, 7) is 12.0. The molecule has 3 N–H and O–H groups in total. The summed E-state index contributed by atoms with van der Waals surface area (Å²) in [7, 11) is 1.87. The van der Waals surface area contributed by atoms with E-state index in [1.54, 1.807) is 42.8 Å². The van der Waals surface area contributed by atoms with Gasteiger partial charge in [0.15, 0.2) is 11.5 Å². The first-order valence-electron chi connectivity index (χ1n) is 15.1. The second kappa shape index (κ2) is 14.0. The quantitative estimate of drug-likeness (QED) is 0.152. The van der Waals surface area contributed by atoms with E-state index in [4.69, 9.17) is 9.72 Å². The lowest BCUT2D eigenvalue weighted by atomic mass is 10.1.